The van der Waals surface area contributed by atoms with Crippen molar-refractivity contribution in [1.29, 1.82) is 0 Å². The van der Waals surface area contributed by atoms with Crippen LogP contribution in [0.25, 0.3) is 6.15 Å². The number of hydrogen-bond donors (Lipinski definition) is 0. The summed E-state index contributed by atoms with van der Waals surface area (Å²) in [5.41, 5.74) is 0. The minimum absolute atomic E-state index is 0. The van der Waals surface area contributed by atoms with Crippen molar-refractivity contribution in [2.75, 3.05) is 0 Å². The molecule has 0 amide bonds. The molecule has 0 bridgehead atoms. The fraction of sp³-hybridized carbons (Fsp3) is 0.500. The number of nitrogens with two attached hydrogens (primary N) is 1. The molecule has 134 valence electrons. The molecule has 0 aliphatic heterocycles. The third-order valence-electron chi connectivity index (χ3n) is 5.22. The van der Waals surface area contributed by atoms with Crippen molar-refractivity contribution in [2.24, 2.45) is 0 Å². The zero-order valence-electron chi connectivity index (χ0n) is 15.8. The smallest absolute Gasteiger partial charge is 1.00 e. The first-order valence-corrected chi connectivity index (χ1v) is 14.0. The molecular weight excluding hydrogens is 405 g/mol. The maximum atomic E-state index is 2.60. The van der Waals surface area contributed by atoms with Gasteiger partial charge in [-0.15, -0.1) is 0 Å². The van der Waals surface area contributed by atoms with Gasteiger partial charge in [-0.1, -0.05) is 73.0 Å². The quantitative estimate of drug-likeness (QED) is 0.445. The van der Waals surface area contributed by atoms with E-state index in [-0.39, 0.29) is 52.7 Å². The molecule has 2 N–H and O–H groups in total. The average Bonchev–Trinajstić information content (AvgIpc) is 3.02. The second-order valence-electron chi connectivity index (χ2n) is 7.60. The van der Waals surface area contributed by atoms with E-state index in [1.165, 1.54) is 12.8 Å². The van der Waals surface area contributed by atoms with E-state index < -0.39 is 16.1 Å². The van der Waals surface area contributed by atoms with Gasteiger partial charge in [0.2, 0.25) is 0 Å². The van der Waals surface area contributed by atoms with Crippen molar-refractivity contribution in [3.05, 3.63) is 58.9 Å². The molecule has 1 nitrogen and oxygen atoms in total. The molecule has 0 aromatic heterocycles. The van der Waals surface area contributed by atoms with Gasteiger partial charge in [0.1, 0.15) is 0 Å². The predicted molar refractivity (Wildman–Crippen MR) is 102 cm³/mol. The third-order valence-corrected chi connectivity index (χ3v) is 17.6. The molecule has 0 saturated heterocycles. The molecule has 24 heavy (non-hydrogen) atoms. The summed E-state index contributed by atoms with van der Waals surface area (Å²) in [7, 11) is -2.82. The van der Waals surface area contributed by atoms with E-state index >= 15 is 0 Å². The van der Waals surface area contributed by atoms with Crippen LogP contribution in [0.1, 0.15) is 26.7 Å². The summed E-state index contributed by atoms with van der Waals surface area (Å²) in [6, 6.07) is 0. The molecule has 6 heteroatoms. The summed E-state index contributed by atoms with van der Waals surface area (Å²) in [6.45, 7) is 15.1. The Morgan fingerprint density at radius 1 is 0.833 bits per heavy atom. The summed E-state index contributed by atoms with van der Waals surface area (Å²) in [5, 5.41) is 4.33. The molecule has 0 radical (unpaired) electrons. The van der Waals surface area contributed by atoms with E-state index in [0.29, 0.717) is 0 Å². The minimum Gasteiger partial charge on any atom is -1.00 e. The molecule has 2 aliphatic rings. The van der Waals surface area contributed by atoms with Gasteiger partial charge in [-0.25, -0.2) is 0 Å². The van der Waals surface area contributed by atoms with Crippen LogP contribution in [0.3, 0.4) is 0 Å². The van der Waals surface area contributed by atoms with Crippen LogP contribution in [0.2, 0.25) is 31.4 Å². The first kappa shape index (κ1) is 29.4. The van der Waals surface area contributed by atoms with Gasteiger partial charge in [-0.2, -0.15) is 19.0 Å². The fourth-order valence-corrected chi connectivity index (χ4v) is 18.9. The molecule has 0 aromatic rings. The van der Waals surface area contributed by atoms with Crippen LogP contribution in [0.4, 0.5) is 0 Å². The topological polar surface area (TPSA) is 33.5 Å². The van der Waals surface area contributed by atoms with E-state index in [9.17, 15) is 0 Å². The molecule has 0 aromatic carbocycles. The third kappa shape index (κ3) is 5.84. The van der Waals surface area contributed by atoms with Gasteiger partial charge in [0.25, 0.3) is 0 Å². The summed E-state index contributed by atoms with van der Waals surface area (Å²) in [6.07, 6.45) is 16.4. The Kier molecular flexibility index (Phi) is 13.9. The molecule has 0 spiro atoms. The van der Waals surface area contributed by atoms with Crippen LogP contribution in [0, 0.1) is 5.92 Å². The predicted octanol–water partition coefficient (Wildman–Crippen LogP) is 0.500. The molecule has 2 aliphatic carbocycles. The second-order valence-corrected chi connectivity index (χ2v) is 17.5. The molecule has 0 heterocycles. The Morgan fingerprint density at radius 3 is 1.38 bits per heavy atom. The van der Waals surface area contributed by atoms with Crippen LogP contribution < -0.4 is 24.8 Å². The van der Waals surface area contributed by atoms with Crippen molar-refractivity contribution >= 4 is 16.1 Å². The zero-order chi connectivity index (χ0) is 15.0. The normalized spacial score (nSPS) is 16.0. The maximum absolute atomic E-state index is 2.60. The van der Waals surface area contributed by atoms with E-state index in [1.54, 1.807) is 16.3 Å². The second kappa shape index (κ2) is 11.4. The number of halogens is 2. The van der Waals surface area contributed by atoms with E-state index in [2.05, 4.69) is 76.5 Å². The van der Waals surface area contributed by atoms with Gasteiger partial charge >= 0.3 is 21.7 Å². The largest absolute Gasteiger partial charge is 4.00 e. The maximum Gasteiger partial charge on any atom is 4.00 e. The van der Waals surface area contributed by atoms with Gasteiger partial charge in [-0.3, -0.25) is 0 Å². The molecule has 2 rings (SSSR count). The van der Waals surface area contributed by atoms with E-state index in [0.717, 1.165) is 5.16 Å². The summed E-state index contributed by atoms with van der Waals surface area (Å²) in [4.78, 5) is 0. The van der Waals surface area contributed by atoms with Crippen molar-refractivity contribution < 1.29 is 46.5 Å². The van der Waals surface area contributed by atoms with Gasteiger partial charge in [0.05, 0.1) is 0 Å². The Morgan fingerprint density at radius 2 is 1.17 bits per heavy atom. The monoisotopic (exact) mass is 435 g/mol. The van der Waals surface area contributed by atoms with Crippen molar-refractivity contribution in [3.63, 3.8) is 0 Å². The Hall–Kier alpha value is 0.648. The first-order chi connectivity index (χ1) is 9.28. The number of allylic oxidation sites excluding steroid dienone is 8. The Labute approximate surface area is 178 Å². The van der Waals surface area contributed by atoms with Gasteiger partial charge < -0.3 is 36.9 Å². The molecule has 0 atom stereocenters. The van der Waals surface area contributed by atoms with Gasteiger partial charge in [0.15, 0.2) is 0 Å². The van der Waals surface area contributed by atoms with Crippen LogP contribution in [-0.2, 0) is 21.7 Å². The molecule has 0 unspecified atom stereocenters. The number of hydrogen-bond acceptors (Lipinski definition) is 0. The molecule has 0 fully saturated rings. The molecular formula is C18H31Cl2NSi2Ti. The standard InChI is InChI=1S/C18H29Si2.2ClH.H2N.Ti/c1-15(2)18(19(3,4)16-11-7-8-12-16)20(5,6)17-13-9-10-14-17;;;;/h7-11,13,18H,12,14H2,1-6H3;2*1H;1H2;/q-1;;;-1;+4/p-2. The van der Waals surface area contributed by atoms with Crippen LogP contribution >= 0.6 is 0 Å². The van der Waals surface area contributed by atoms with Gasteiger partial charge in [0, 0.05) is 16.1 Å². The first-order valence-electron chi connectivity index (χ1n) is 7.80. The van der Waals surface area contributed by atoms with Gasteiger partial charge in [-0.05, 0) is 12.8 Å². The Bertz CT molecular complexity index is 467. The minimum atomic E-state index is -1.41. The van der Waals surface area contributed by atoms with Crippen molar-refractivity contribution in [2.45, 2.75) is 58.0 Å². The van der Waals surface area contributed by atoms with Crippen LogP contribution in [0.5, 0.6) is 0 Å². The summed E-state index contributed by atoms with van der Waals surface area (Å²) in [5.74, 6) is 1.67. The Balaban J connectivity index is -0.00000110. The summed E-state index contributed by atoms with van der Waals surface area (Å²) >= 11 is 0. The number of rotatable bonds is 5. The summed E-state index contributed by atoms with van der Waals surface area (Å²) < 4.78 is 0. The molecule has 0 saturated carbocycles. The van der Waals surface area contributed by atoms with E-state index in [4.69, 9.17) is 0 Å². The zero-order valence-corrected chi connectivity index (χ0v) is 20.9. The van der Waals surface area contributed by atoms with Crippen molar-refractivity contribution in [3.8, 4) is 0 Å². The van der Waals surface area contributed by atoms with Crippen LogP contribution in [-0.4, -0.2) is 16.1 Å². The average molecular weight is 436 g/mol. The SMILES string of the molecule is C[C-](C)C([Si](C)(C)C1=CC=CC1)[Si](C)(C)C1=CC=CC1.[Cl-].[Cl-].[NH2-].[Ti+4]. The fourth-order valence-electron chi connectivity index (χ4n) is 4.57. The van der Waals surface area contributed by atoms with E-state index in [1.807, 2.05) is 0 Å². The van der Waals surface area contributed by atoms with Crippen LogP contribution in [0.15, 0.2) is 46.8 Å². The van der Waals surface area contributed by atoms with Crippen molar-refractivity contribution in [1.82, 2.24) is 0 Å².